The number of hydrogen-bond acceptors (Lipinski definition) is 5. The zero-order valence-corrected chi connectivity index (χ0v) is 22.2. The van der Waals surface area contributed by atoms with E-state index in [0.717, 1.165) is 39.0 Å². The third-order valence-corrected chi connectivity index (χ3v) is 7.03. The number of ether oxygens (including phenoxy) is 1. The van der Waals surface area contributed by atoms with Crippen LogP contribution in [-0.4, -0.2) is 32.8 Å². The number of anilines is 2. The number of aryl methyl sites for hydroxylation is 1. The number of carbonyl (C=O) groups excluding carboxylic acids is 1. The van der Waals surface area contributed by atoms with Crippen molar-refractivity contribution in [2.24, 2.45) is 0 Å². The van der Waals surface area contributed by atoms with E-state index in [0.29, 0.717) is 22.9 Å². The van der Waals surface area contributed by atoms with Crippen molar-refractivity contribution in [1.29, 1.82) is 0 Å². The van der Waals surface area contributed by atoms with E-state index in [1.165, 1.54) is 0 Å². The minimum atomic E-state index is -0.367. The van der Waals surface area contributed by atoms with Crippen molar-refractivity contribution in [1.82, 2.24) is 20.6 Å². The first-order valence-electron chi connectivity index (χ1n) is 13.0. The maximum absolute atomic E-state index is 13.2. The fourth-order valence-electron chi connectivity index (χ4n) is 5.15. The van der Waals surface area contributed by atoms with Gasteiger partial charge in [0.05, 0.1) is 11.6 Å². The monoisotopic (exact) mass is 528 g/mol. The quantitative estimate of drug-likeness (QED) is 0.207. The highest BCUT2D eigenvalue weighted by Gasteiger charge is 2.38. The molecule has 1 aliphatic rings. The fourth-order valence-corrected chi connectivity index (χ4v) is 5.15. The number of amides is 2. The average molecular weight is 529 g/mol. The Labute approximate surface area is 232 Å². The maximum atomic E-state index is 13.2. The molecule has 2 atom stereocenters. The van der Waals surface area contributed by atoms with E-state index in [1.807, 2.05) is 86.6 Å². The van der Waals surface area contributed by atoms with Gasteiger partial charge in [0.1, 0.15) is 11.9 Å². The molecule has 0 saturated carbocycles. The van der Waals surface area contributed by atoms with Crippen molar-refractivity contribution in [3.8, 4) is 28.3 Å². The summed E-state index contributed by atoms with van der Waals surface area (Å²) in [6.45, 7) is 8.20. The van der Waals surface area contributed by atoms with E-state index in [9.17, 15) is 4.79 Å². The van der Waals surface area contributed by atoms with Crippen LogP contribution in [0.2, 0.25) is 0 Å². The van der Waals surface area contributed by atoms with Crippen LogP contribution in [0.3, 0.4) is 0 Å². The molecule has 0 unspecified atom stereocenters. The molecule has 3 N–H and O–H groups in total. The number of aromatic nitrogens is 4. The first kappa shape index (κ1) is 25.1. The summed E-state index contributed by atoms with van der Waals surface area (Å²) in [5.74, 6) is 1.01. The molecule has 0 fully saturated rings. The van der Waals surface area contributed by atoms with Gasteiger partial charge in [-0.05, 0) is 65.6 Å². The van der Waals surface area contributed by atoms with Gasteiger partial charge in [0, 0.05) is 16.8 Å². The van der Waals surface area contributed by atoms with Crippen molar-refractivity contribution in [3.63, 3.8) is 0 Å². The van der Waals surface area contributed by atoms with Gasteiger partial charge in [0.2, 0.25) is 5.82 Å². The molecule has 5 aromatic rings. The molecule has 198 valence electrons. The summed E-state index contributed by atoms with van der Waals surface area (Å²) in [7, 11) is 0. The Morgan fingerprint density at radius 2 is 1.65 bits per heavy atom. The predicted octanol–water partition coefficient (Wildman–Crippen LogP) is 6.96. The lowest BCUT2D eigenvalue weighted by Crippen LogP contribution is -2.21. The highest BCUT2D eigenvalue weighted by atomic mass is 16.5. The molecule has 0 spiro atoms. The first-order valence-corrected chi connectivity index (χ1v) is 13.0. The highest BCUT2D eigenvalue weighted by molar-refractivity contribution is 6.02. The Morgan fingerprint density at radius 1 is 0.925 bits per heavy atom. The van der Waals surface area contributed by atoms with Gasteiger partial charge >= 0.3 is 6.03 Å². The summed E-state index contributed by atoms with van der Waals surface area (Å²) in [6.07, 6.45) is -0.291. The van der Waals surface area contributed by atoms with Crippen LogP contribution in [0.5, 0.6) is 5.75 Å². The van der Waals surface area contributed by atoms with E-state index in [-0.39, 0.29) is 18.1 Å². The Bertz CT molecular complexity index is 1680. The van der Waals surface area contributed by atoms with Crippen molar-refractivity contribution in [3.05, 3.63) is 120 Å². The maximum Gasteiger partial charge on any atom is 0.323 e. The molecule has 0 radical (unpaired) electrons. The molecule has 0 saturated heterocycles. The Morgan fingerprint density at radius 3 is 2.35 bits per heavy atom. The number of tetrazole rings is 1. The molecule has 8 nitrogen and oxygen atoms in total. The number of fused-ring (bicyclic) bond motifs is 1. The molecule has 8 heteroatoms. The van der Waals surface area contributed by atoms with Crippen LogP contribution in [0.25, 0.3) is 22.5 Å². The van der Waals surface area contributed by atoms with Crippen LogP contribution in [0.1, 0.15) is 29.5 Å². The molecule has 1 aromatic heterocycles. The van der Waals surface area contributed by atoms with Crippen molar-refractivity contribution < 1.29 is 9.53 Å². The summed E-state index contributed by atoms with van der Waals surface area (Å²) in [5.41, 5.74) is 7.94. The second kappa shape index (κ2) is 10.5. The van der Waals surface area contributed by atoms with Crippen LogP contribution in [0.4, 0.5) is 16.2 Å². The molecular weight excluding hydrogens is 500 g/mol. The molecule has 2 heterocycles. The number of nitrogens with zero attached hydrogens (tertiary/aromatic N) is 3. The smallest absolute Gasteiger partial charge is 0.323 e. The summed E-state index contributed by atoms with van der Waals surface area (Å²) in [5, 5.41) is 20.7. The van der Waals surface area contributed by atoms with E-state index in [2.05, 4.69) is 56.0 Å². The molecule has 1 aliphatic heterocycles. The van der Waals surface area contributed by atoms with Gasteiger partial charge in [-0.25, -0.2) is 4.79 Å². The van der Waals surface area contributed by atoms with E-state index >= 15 is 0 Å². The van der Waals surface area contributed by atoms with Crippen LogP contribution in [0.15, 0.2) is 103 Å². The lowest BCUT2D eigenvalue weighted by Gasteiger charge is -2.19. The summed E-state index contributed by atoms with van der Waals surface area (Å²) in [6, 6.07) is 29.4. The van der Waals surface area contributed by atoms with Crippen LogP contribution >= 0.6 is 0 Å². The lowest BCUT2D eigenvalue weighted by molar-refractivity contribution is 0.254. The van der Waals surface area contributed by atoms with E-state index in [4.69, 9.17) is 4.74 Å². The van der Waals surface area contributed by atoms with Gasteiger partial charge in [-0.2, -0.15) is 5.21 Å². The van der Waals surface area contributed by atoms with Crippen LogP contribution in [0, 0.1) is 6.92 Å². The largest absolute Gasteiger partial charge is 0.483 e. The standard InChI is InChI=1S/C32H28N6O2/c1-19(2)29-28(21-9-5-4-6-10-21)26-17-22(24-11-7-8-12-25(24)31-35-37-38-36-31)18-27(30(26)40-29)34-32(39)33-23-15-13-20(3)14-16-23/h4-18,28-29H,1H2,2-3H3,(H2,33,34,39)(H,35,36,37,38)/t28-,29+/m1/s1. The van der Waals surface area contributed by atoms with Crippen LogP contribution in [-0.2, 0) is 0 Å². The summed E-state index contributed by atoms with van der Waals surface area (Å²) >= 11 is 0. The molecule has 0 aliphatic carbocycles. The van der Waals surface area contributed by atoms with Crippen LogP contribution < -0.4 is 15.4 Å². The summed E-state index contributed by atoms with van der Waals surface area (Å²) < 4.78 is 6.54. The number of benzene rings is 4. The second-order valence-corrected chi connectivity index (χ2v) is 9.94. The zero-order chi connectivity index (χ0) is 27.6. The zero-order valence-electron chi connectivity index (χ0n) is 22.2. The van der Waals surface area contributed by atoms with Gasteiger partial charge in [-0.1, -0.05) is 78.9 Å². The number of H-pyrrole nitrogens is 1. The molecule has 4 aromatic carbocycles. The normalized spacial score (nSPS) is 15.7. The molecule has 40 heavy (non-hydrogen) atoms. The van der Waals surface area contributed by atoms with Gasteiger partial charge in [-0.3, -0.25) is 0 Å². The minimum absolute atomic E-state index is 0.105. The molecule has 2 amide bonds. The van der Waals surface area contributed by atoms with Gasteiger partial charge < -0.3 is 15.4 Å². The second-order valence-electron chi connectivity index (χ2n) is 9.94. The number of nitrogens with one attached hydrogen (secondary N) is 3. The molecule has 6 rings (SSSR count). The van der Waals surface area contributed by atoms with Gasteiger partial charge in [0.25, 0.3) is 0 Å². The predicted molar refractivity (Wildman–Crippen MR) is 156 cm³/mol. The number of rotatable bonds is 6. The number of hydrogen-bond donors (Lipinski definition) is 3. The van der Waals surface area contributed by atoms with Crippen molar-refractivity contribution in [2.45, 2.75) is 25.9 Å². The molecular formula is C32H28N6O2. The van der Waals surface area contributed by atoms with Gasteiger partial charge in [-0.15, -0.1) is 10.2 Å². The third-order valence-electron chi connectivity index (χ3n) is 7.03. The highest BCUT2D eigenvalue weighted by Crippen LogP contribution is 2.50. The summed E-state index contributed by atoms with van der Waals surface area (Å²) in [4.78, 5) is 13.2. The Hall–Kier alpha value is -5.24. The number of carbonyl (C=O) groups is 1. The fraction of sp³-hybridized carbons (Fsp3) is 0.125. The lowest BCUT2D eigenvalue weighted by atomic mass is 9.84. The van der Waals surface area contributed by atoms with E-state index < -0.39 is 0 Å². The number of aromatic amines is 1. The Balaban J connectivity index is 1.48. The topological polar surface area (TPSA) is 105 Å². The third kappa shape index (κ3) is 4.82. The van der Waals surface area contributed by atoms with Gasteiger partial charge in [0.15, 0.2) is 0 Å². The first-order chi connectivity index (χ1) is 19.5. The SMILES string of the molecule is C=C(C)[C@@H]1Oc2c(NC(=O)Nc3ccc(C)cc3)cc(-c3ccccc3-c3nn[nH]n3)cc2[C@H]1c1ccccc1. The van der Waals surface area contributed by atoms with Crippen molar-refractivity contribution >= 4 is 17.4 Å². The average Bonchev–Trinajstić information content (AvgIpc) is 3.64. The number of urea groups is 1. The Kier molecular flexibility index (Phi) is 6.57. The molecule has 0 bridgehead atoms. The van der Waals surface area contributed by atoms with Crippen molar-refractivity contribution in [2.75, 3.05) is 10.6 Å². The van der Waals surface area contributed by atoms with E-state index in [1.54, 1.807) is 0 Å². The minimum Gasteiger partial charge on any atom is -0.483 e.